The summed E-state index contributed by atoms with van der Waals surface area (Å²) in [6.45, 7) is 0. The molecule has 0 bridgehead atoms. The van der Waals surface area contributed by atoms with E-state index in [-0.39, 0.29) is 9.90 Å². The van der Waals surface area contributed by atoms with Crippen LogP contribution < -0.4 is 48.0 Å². The highest BCUT2D eigenvalue weighted by molar-refractivity contribution is 6.92. The van der Waals surface area contributed by atoms with Gasteiger partial charge >= 0.3 is 0 Å². The maximum Gasteiger partial charge on any atom is 0.119 e. The highest BCUT2D eigenvalue weighted by Crippen LogP contribution is 2.14. The molecular formula is C21H33N6O3P. The van der Waals surface area contributed by atoms with Crippen LogP contribution in [0.4, 0.5) is 17.1 Å². The third-order valence-electron chi connectivity index (χ3n) is 3.77. The number of nitrogen functional groups attached to an aromatic ring is 3. The summed E-state index contributed by atoms with van der Waals surface area (Å²) in [5, 5.41) is 0. The number of hydrogen-bond donors (Lipinski definition) is 6. The Kier molecular flexibility index (Phi) is 14.8. The highest BCUT2D eigenvalue weighted by Gasteiger charge is 1.90. The van der Waals surface area contributed by atoms with Crippen molar-refractivity contribution < 1.29 is 14.2 Å². The molecule has 3 aromatic rings. The van der Waals surface area contributed by atoms with E-state index in [1.165, 1.54) is 0 Å². The van der Waals surface area contributed by atoms with Crippen LogP contribution in [0.3, 0.4) is 0 Å². The lowest BCUT2D eigenvalue weighted by molar-refractivity contribution is 0.415. The van der Waals surface area contributed by atoms with Gasteiger partial charge in [-0.05, 0) is 72.8 Å². The van der Waals surface area contributed by atoms with Crippen LogP contribution >= 0.6 is 9.90 Å². The van der Waals surface area contributed by atoms with Crippen molar-refractivity contribution in [1.29, 1.82) is 0 Å². The minimum Gasteiger partial charge on any atom is -0.497 e. The molecule has 170 valence electrons. The van der Waals surface area contributed by atoms with E-state index in [4.69, 9.17) is 31.7 Å². The molecule has 0 aliphatic carbocycles. The van der Waals surface area contributed by atoms with Gasteiger partial charge in [-0.25, -0.2) is 0 Å². The number of nitrogens with one attached hydrogen (secondary N) is 3. The predicted molar refractivity (Wildman–Crippen MR) is 134 cm³/mol. The first kappa shape index (κ1) is 27.8. The zero-order chi connectivity index (χ0) is 22.2. The van der Waals surface area contributed by atoms with Crippen LogP contribution in [0.1, 0.15) is 0 Å². The summed E-state index contributed by atoms with van der Waals surface area (Å²) in [6, 6.07) is 22.1. The maximum absolute atomic E-state index is 5.15. The Labute approximate surface area is 186 Å². The van der Waals surface area contributed by atoms with Gasteiger partial charge in [0.2, 0.25) is 0 Å². The molecule has 31 heavy (non-hydrogen) atoms. The quantitative estimate of drug-likeness (QED) is 0.191. The Bertz CT molecular complexity index is 636. The molecule has 1 unspecified atom stereocenters. The number of hydrazine groups is 3. The summed E-state index contributed by atoms with van der Waals surface area (Å²) in [5.41, 5.74) is 10.2. The Morgan fingerprint density at radius 1 is 0.452 bits per heavy atom. The van der Waals surface area contributed by atoms with Gasteiger partial charge < -0.3 is 30.5 Å². The zero-order valence-corrected chi connectivity index (χ0v) is 19.5. The fraction of sp³-hybridized carbons (Fsp3) is 0.143. The van der Waals surface area contributed by atoms with Crippen molar-refractivity contribution >= 4 is 27.0 Å². The van der Waals surface area contributed by atoms with Gasteiger partial charge in [0.15, 0.2) is 0 Å². The summed E-state index contributed by atoms with van der Waals surface area (Å²) in [7, 11) is 4.89. The number of hydrogen-bond acceptors (Lipinski definition) is 9. The topological polar surface area (TPSA) is 142 Å². The third-order valence-corrected chi connectivity index (χ3v) is 3.77. The minimum absolute atomic E-state index is 0. The summed E-state index contributed by atoms with van der Waals surface area (Å²) in [4.78, 5) is 0. The maximum atomic E-state index is 5.15. The molecule has 3 rings (SSSR count). The Hall–Kier alpha value is -3.23. The van der Waals surface area contributed by atoms with Crippen LogP contribution in [0.15, 0.2) is 72.8 Å². The second-order valence-electron chi connectivity index (χ2n) is 5.62. The van der Waals surface area contributed by atoms with Gasteiger partial charge in [0.1, 0.15) is 17.2 Å². The van der Waals surface area contributed by atoms with Crippen LogP contribution in [-0.4, -0.2) is 21.3 Å². The second-order valence-corrected chi connectivity index (χ2v) is 5.62. The van der Waals surface area contributed by atoms with Crippen molar-refractivity contribution in [2.24, 2.45) is 17.5 Å². The van der Waals surface area contributed by atoms with Crippen molar-refractivity contribution in [2.75, 3.05) is 37.6 Å². The van der Waals surface area contributed by atoms with Gasteiger partial charge in [-0.1, -0.05) is 0 Å². The Morgan fingerprint density at radius 2 is 0.645 bits per heavy atom. The first-order valence-corrected chi connectivity index (χ1v) is 8.92. The summed E-state index contributed by atoms with van der Waals surface area (Å²) in [6.07, 6.45) is 0. The summed E-state index contributed by atoms with van der Waals surface area (Å²) < 4.78 is 14.8. The van der Waals surface area contributed by atoms with E-state index in [0.717, 1.165) is 34.3 Å². The molecule has 0 saturated heterocycles. The minimum atomic E-state index is 0. The van der Waals surface area contributed by atoms with Crippen molar-refractivity contribution in [1.82, 2.24) is 0 Å². The third kappa shape index (κ3) is 10.9. The lowest BCUT2D eigenvalue weighted by Crippen LogP contribution is -2.05. The second kappa shape index (κ2) is 16.6. The van der Waals surface area contributed by atoms with Crippen LogP contribution in [0.2, 0.25) is 0 Å². The average Bonchev–Trinajstić information content (AvgIpc) is 2.85. The van der Waals surface area contributed by atoms with Crippen molar-refractivity contribution in [3.05, 3.63) is 72.8 Å². The largest absolute Gasteiger partial charge is 0.497 e. The van der Waals surface area contributed by atoms with E-state index in [2.05, 4.69) is 16.3 Å². The van der Waals surface area contributed by atoms with Gasteiger partial charge in [-0.15, -0.1) is 0 Å². The fourth-order valence-electron chi connectivity index (χ4n) is 2.06. The molecule has 9 nitrogen and oxygen atoms in total. The van der Waals surface area contributed by atoms with Crippen LogP contribution in [-0.2, 0) is 0 Å². The smallest absolute Gasteiger partial charge is 0.119 e. The molecule has 3 aromatic carbocycles. The number of anilines is 3. The van der Waals surface area contributed by atoms with E-state index in [1.54, 1.807) is 21.3 Å². The standard InChI is InChI=1S/3C7H10N2O.H3P/c3*1-10-7-4-2-6(9-8)3-5-7;/h3*2-5,9H,8H2,1H3;1H3. The monoisotopic (exact) mass is 448 g/mol. The SMILES string of the molecule is COc1ccc(NN)cc1.COc1ccc(NN)cc1.COc1ccc(NN)cc1.P. The lowest BCUT2D eigenvalue weighted by atomic mass is 10.3. The molecular weight excluding hydrogens is 415 g/mol. The van der Waals surface area contributed by atoms with Gasteiger partial charge in [0.25, 0.3) is 0 Å². The molecule has 0 heterocycles. The van der Waals surface area contributed by atoms with Crippen molar-refractivity contribution in [3.8, 4) is 17.2 Å². The molecule has 9 N–H and O–H groups in total. The molecule has 0 radical (unpaired) electrons. The molecule has 0 aliphatic heterocycles. The molecule has 1 atom stereocenters. The summed E-state index contributed by atoms with van der Waals surface area (Å²) in [5.74, 6) is 17.9. The normalized spacial score (nSPS) is 8.71. The molecule has 0 spiro atoms. The van der Waals surface area contributed by atoms with Crippen LogP contribution in [0.5, 0.6) is 17.2 Å². The van der Waals surface area contributed by atoms with Gasteiger partial charge in [-0.3, -0.25) is 17.5 Å². The van der Waals surface area contributed by atoms with Crippen LogP contribution in [0, 0.1) is 0 Å². The predicted octanol–water partition coefficient (Wildman–Crippen LogP) is 3.00. The first-order valence-electron chi connectivity index (χ1n) is 8.92. The molecule has 10 heteroatoms. The van der Waals surface area contributed by atoms with Gasteiger partial charge in [0, 0.05) is 17.1 Å². The van der Waals surface area contributed by atoms with E-state index in [1.807, 2.05) is 72.8 Å². The summed E-state index contributed by atoms with van der Waals surface area (Å²) >= 11 is 0. The first-order chi connectivity index (χ1) is 14.6. The van der Waals surface area contributed by atoms with Gasteiger partial charge in [-0.2, -0.15) is 9.90 Å². The number of methoxy groups -OCH3 is 3. The van der Waals surface area contributed by atoms with E-state index in [0.29, 0.717) is 0 Å². The Morgan fingerprint density at radius 3 is 0.774 bits per heavy atom. The number of rotatable bonds is 6. The van der Waals surface area contributed by atoms with E-state index < -0.39 is 0 Å². The average molecular weight is 449 g/mol. The fourth-order valence-corrected chi connectivity index (χ4v) is 2.06. The highest BCUT2D eigenvalue weighted by atomic mass is 31.0. The zero-order valence-electron chi connectivity index (χ0n) is 18.1. The molecule has 0 amide bonds. The molecule has 0 aliphatic rings. The molecule has 0 saturated carbocycles. The number of nitrogens with two attached hydrogens (primary N) is 3. The molecule has 0 fully saturated rings. The number of benzene rings is 3. The van der Waals surface area contributed by atoms with Crippen LogP contribution in [0.25, 0.3) is 0 Å². The van der Waals surface area contributed by atoms with E-state index >= 15 is 0 Å². The van der Waals surface area contributed by atoms with Crippen molar-refractivity contribution in [2.45, 2.75) is 0 Å². The Balaban J connectivity index is 0.000000429. The lowest BCUT2D eigenvalue weighted by Gasteiger charge is -2.00. The number of ether oxygens (including phenoxy) is 3. The van der Waals surface area contributed by atoms with Gasteiger partial charge in [0.05, 0.1) is 21.3 Å². The molecule has 0 aromatic heterocycles. The van der Waals surface area contributed by atoms with Crippen molar-refractivity contribution in [3.63, 3.8) is 0 Å². The van der Waals surface area contributed by atoms with E-state index in [9.17, 15) is 0 Å².